The van der Waals surface area contributed by atoms with Crippen molar-refractivity contribution >= 4 is 29.3 Å². The number of nitrogens with zero attached hydrogens (tertiary/aromatic N) is 2. The molecule has 1 heterocycles. The third-order valence-electron chi connectivity index (χ3n) is 8.01. The Labute approximate surface area is 291 Å². The van der Waals surface area contributed by atoms with Gasteiger partial charge in [-0.15, -0.1) is 11.3 Å². The van der Waals surface area contributed by atoms with Crippen LogP contribution in [0.15, 0.2) is 66.0 Å². The molecule has 0 spiro atoms. The Bertz CT molecular complexity index is 1420. The van der Waals surface area contributed by atoms with Crippen molar-refractivity contribution in [2.45, 2.75) is 105 Å². The molecule has 4 N–H and O–H groups in total. The van der Waals surface area contributed by atoms with Crippen LogP contribution < -0.4 is 21.3 Å². The lowest BCUT2D eigenvalue weighted by Crippen LogP contribution is -2.55. The molecule has 3 rings (SSSR count). The number of amides is 5. The van der Waals surface area contributed by atoms with E-state index in [9.17, 15) is 14.4 Å². The first-order valence-corrected chi connectivity index (χ1v) is 18.0. The van der Waals surface area contributed by atoms with Crippen molar-refractivity contribution in [3.05, 3.63) is 87.9 Å². The van der Waals surface area contributed by atoms with Crippen LogP contribution in [0.25, 0.3) is 0 Å². The molecule has 0 aliphatic rings. The molecule has 5 amide bonds. The molecule has 0 radical (unpaired) electrons. The highest BCUT2D eigenvalue weighted by Crippen LogP contribution is 2.20. The second kappa shape index (κ2) is 18.6. The molecule has 0 bridgehead atoms. The Hall–Kier alpha value is -3.92. The summed E-state index contributed by atoms with van der Waals surface area (Å²) in [5.74, 6) is -0.0276. The lowest BCUT2D eigenvalue weighted by molar-refractivity contribution is -0.124. The minimum atomic E-state index is -0.721. The molecule has 48 heavy (non-hydrogen) atoms. The number of benzene rings is 2. The van der Waals surface area contributed by atoms with E-state index in [1.807, 2.05) is 55.6 Å². The van der Waals surface area contributed by atoms with Gasteiger partial charge < -0.3 is 26.2 Å². The Kier molecular flexibility index (Phi) is 14.9. The Morgan fingerprint density at radius 1 is 0.812 bits per heavy atom. The number of thiazole rings is 1. The van der Waals surface area contributed by atoms with E-state index >= 15 is 0 Å². The molecule has 262 valence electrons. The maximum atomic E-state index is 13.8. The Morgan fingerprint density at radius 2 is 1.35 bits per heavy atom. The van der Waals surface area contributed by atoms with Gasteiger partial charge in [-0.05, 0) is 48.1 Å². The van der Waals surface area contributed by atoms with Crippen LogP contribution in [-0.4, -0.2) is 59.6 Å². The lowest BCUT2D eigenvalue weighted by Gasteiger charge is -2.29. The van der Waals surface area contributed by atoms with Gasteiger partial charge in [-0.25, -0.2) is 14.6 Å². The van der Waals surface area contributed by atoms with E-state index in [0.29, 0.717) is 44.7 Å². The zero-order valence-corrected chi connectivity index (χ0v) is 30.8. The highest BCUT2D eigenvalue weighted by Gasteiger charge is 2.28. The first-order valence-electron chi connectivity index (χ1n) is 17.1. The molecule has 0 aliphatic heterocycles. The topological polar surface area (TPSA) is 115 Å². The molecule has 0 aliphatic carbocycles. The zero-order valence-electron chi connectivity index (χ0n) is 30.0. The van der Waals surface area contributed by atoms with Gasteiger partial charge in [0.2, 0.25) is 5.91 Å². The Balaban J connectivity index is 1.72. The van der Waals surface area contributed by atoms with Gasteiger partial charge in [-0.2, -0.15) is 0 Å². The monoisotopic (exact) mass is 676 g/mol. The average molecular weight is 677 g/mol. The highest BCUT2D eigenvalue weighted by molar-refractivity contribution is 7.09. The van der Waals surface area contributed by atoms with Crippen molar-refractivity contribution < 1.29 is 14.4 Å². The SMILES string of the molecule is CC(C)c1nc(CN(C)C(=O)NC(C(=O)NC(CCC(Cc2ccccc2)NC(=O)NCC(C)(C)C)Cc2ccccc2)C(C)C)cs1. The second-order valence-corrected chi connectivity index (χ2v) is 15.5. The predicted octanol–water partition coefficient (Wildman–Crippen LogP) is 6.90. The molecular formula is C38H56N6O3S. The average Bonchev–Trinajstić information content (AvgIpc) is 3.50. The largest absolute Gasteiger partial charge is 0.351 e. The highest BCUT2D eigenvalue weighted by atomic mass is 32.1. The van der Waals surface area contributed by atoms with Gasteiger partial charge >= 0.3 is 12.1 Å². The molecule has 9 nitrogen and oxygen atoms in total. The van der Waals surface area contributed by atoms with Crippen LogP contribution in [0.2, 0.25) is 0 Å². The maximum Gasteiger partial charge on any atom is 0.318 e. The van der Waals surface area contributed by atoms with Crippen molar-refractivity contribution in [3.63, 3.8) is 0 Å². The fourth-order valence-corrected chi connectivity index (χ4v) is 6.10. The third-order valence-corrected chi connectivity index (χ3v) is 9.21. The van der Waals surface area contributed by atoms with E-state index in [1.54, 1.807) is 23.3 Å². The van der Waals surface area contributed by atoms with Gasteiger partial charge in [0.25, 0.3) is 0 Å². The van der Waals surface area contributed by atoms with Crippen LogP contribution in [-0.2, 0) is 24.2 Å². The van der Waals surface area contributed by atoms with Crippen molar-refractivity contribution in [2.75, 3.05) is 13.6 Å². The normalized spacial score (nSPS) is 13.5. The van der Waals surface area contributed by atoms with Crippen LogP contribution in [0.3, 0.4) is 0 Å². The molecule has 0 saturated carbocycles. The molecule has 0 fully saturated rings. The van der Waals surface area contributed by atoms with E-state index in [0.717, 1.165) is 21.8 Å². The number of carbonyl (C=O) groups excluding carboxylic acids is 3. The number of rotatable bonds is 16. The summed E-state index contributed by atoms with van der Waals surface area (Å²) in [7, 11) is 1.72. The second-order valence-electron chi connectivity index (χ2n) is 14.6. The summed E-state index contributed by atoms with van der Waals surface area (Å²) >= 11 is 1.60. The van der Waals surface area contributed by atoms with E-state index < -0.39 is 6.04 Å². The van der Waals surface area contributed by atoms with Gasteiger partial charge in [-0.3, -0.25) is 4.79 Å². The van der Waals surface area contributed by atoms with E-state index in [2.05, 4.69) is 85.1 Å². The van der Waals surface area contributed by atoms with Crippen LogP contribution >= 0.6 is 11.3 Å². The maximum absolute atomic E-state index is 13.8. The molecule has 10 heteroatoms. The summed E-state index contributed by atoms with van der Waals surface area (Å²) < 4.78 is 0. The lowest BCUT2D eigenvalue weighted by atomic mass is 9.95. The van der Waals surface area contributed by atoms with Crippen LogP contribution in [0.1, 0.15) is 89.1 Å². The third kappa shape index (κ3) is 13.7. The minimum Gasteiger partial charge on any atom is -0.351 e. The van der Waals surface area contributed by atoms with Gasteiger partial charge in [0.15, 0.2) is 0 Å². The number of aromatic nitrogens is 1. The summed E-state index contributed by atoms with van der Waals surface area (Å²) in [6, 6.07) is 18.6. The number of hydrogen-bond donors (Lipinski definition) is 4. The number of nitrogens with one attached hydrogen (secondary N) is 4. The van der Waals surface area contributed by atoms with Crippen LogP contribution in [0, 0.1) is 11.3 Å². The molecular weight excluding hydrogens is 621 g/mol. The van der Waals surface area contributed by atoms with Gasteiger partial charge in [0.1, 0.15) is 6.04 Å². The minimum absolute atomic E-state index is 0.0351. The Morgan fingerprint density at radius 3 is 1.83 bits per heavy atom. The van der Waals surface area contributed by atoms with E-state index in [1.165, 1.54) is 0 Å². The number of hydrogen-bond acceptors (Lipinski definition) is 5. The summed E-state index contributed by atoms with van der Waals surface area (Å²) in [6.07, 6.45) is 2.59. The first kappa shape index (κ1) is 38.5. The van der Waals surface area contributed by atoms with Crippen LogP contribution in [0.4, 0.5) is 9.59 Å². The summed E-state index contributed by atoms with van der Waals surface area (Å²) in [4.78, 5) is 46.2. The van der Waals surface area contributed by atoms with E-state index in [4.69, 9.17) is 0 Å². The van der Waals surface area contributed by atoms with E-state index in [-0.39, 0.29) is 41.4 Å². The van der Waals surface area contributed by atoms with Crippen molar-refractivity contribution in [1.82, 2.24) is 31.2 Å². The summed E-state index contributed by atoms with van der Waals surface area (Å²) in [6.45, 7) is 15.2. The molecule has 2 aromatic carbocycles. The summed E-state index contributed by atoms with van der Waals surface area (Å²) in [5, 5.41) is 15.4. The quantitative estimate of drug-likeness (QED) is 0.132. The van der Waals surface area contributed by atoms with Crippen molar-refractivity contribution in [1.29, 1.82) is 0 Å². The van der Waals surface area contributed by atoms with Crippen molar-refractivity contribution in [2.24, 2.45) is 11.3 Å². The molecule has 3 atom stereocenters. The molecule has 3 unspecified atom stereocenters. The molecule has 1 aromatic heterocycles. The standard InChI is InChI=1S/C38H56N6O3S/c1-26(2)33(43-37(47)44(8)23-32-24-48-35(41-32)27(3)4)34(45)40-30(21-28-15-11-9-12-16-28)19-20-31(22-29-17-13-10-14-18-29)42-36(46)39-25-38(5,6)7/h9-18,24,26-27,30-31,33H,19-23,25H2,1-8H3,(H,40,45)(H,43,47)(H2,39,42,46). The number of carbonyl (C=O) groups is 3. The predicted molar refractivity (Wildman–Crippen MR) is 196 cm³/mol. The zero-order chi connectivity index (χ0) is 35.3. The molecule has 0 saturated heterocycles. The van der Waals surface area contributed by atoms with Gasteiger partial charge in [0.05, 0.1) is 17.2 Å². The van der Waals surface area contributed by atoms with Gasteiger partial charge in [-0.1, -0.05) is 109 Å². The van der Waals surface area contributed by atoms with Crippen LogP contribution in [0.5, 0.6) is 0 Å². The fraction of sp³-hybridized carbons (Fsp3) is 0.526. The van der Waals surface area contributed by atoms with Gasteiger partial charge in [0, 0.05) is 37.0 Å². The summed E-state index contributed by atoms with van der Waals surface area (Å²) in [5.41, 5.74) is 3.03. The smallest absolute Gasteiger partial charge is 0.318 e. The number of urea groups is 2. The first-order chi connectivity index (χ1) is 22.7. The molecule has 3 aromatic rings. The van der Waals surface area contributed by atoms with Crippen molar-refractivity contribution in [3.8, 4) is 0 Å². The fourth-order valence-electron chi connectivity index (χ4n) is 5.28.